The van der Waals surface area contributed by atoms with E-state index in [0.29, 0.717) is 0 Å². The van der Waals surface area contributed by atoms with Gasteiger partial charge in [0.05, 0.1) is 0 Å². The maximum absolute atomic E-state index is 11.9. The molecule has 3 heteroatoms. The molecule has 0 fully saturated rings. The van der Waals surface area contributed by atoms with Crippen molar-refractivity contribution in [2.75, 3.05) is 0 Å². The number of halogens is 2. The van der Waals surface area contributed by atoms with E-state index in [4.69, 9.17) is 0 Å². The Hall–Kier alpha value is 0.503. The van der Waals surface area contributed by atoms with Crippen molar-refractivity contribution in [1.82, 2.24) is 0 Å². The molecule has 0 bridgehead atoms. The van der Waals surface area contributed by atoms with E-state index in [9.17, 15) is 4.39 Å². The molecule has 1 rings (SSSR count). The second-order valence-electron chi connectivity index (χ2n) is 1.22. The smallest absolute Gasteiger partial charge is 0.123 e. The third-order valence-electron chi connectivity index (χ3n) is 0.669. The molecule has 9 heavy (non-hydrogen) atoms. The van der Waals surface area contributed by atoms with Crippen LogP contribution in [0.15, 0.2) is 24.3 Å². The van der Waals surface area contributed by atoms with Gasteiger partial charge in [-0.25, -0.2) is 4.39 Å². The van der Waals surface area contributed by atoms with Crippen molar-refractivity contribution in [2.45, 2.75) is 0 Å². The van der Waals surface area contributed by atoms with Gasteiger partial charge in [-0.3, -0.25) is 0 Å². The minimum atomic E-state index is -0.234. The van der Waals surface area contributed by atoms with Gasteiger partial charge in [-0.15, -0.1) is 0 Å². The molecule has 45 valence electrons. The normalized spacial score (nSPS) is 6.78. The van der Waals surface area contributed by atoms with E-state index in [1.807, 2.05) is 0 Å². The molecule has 0 saturated heterocycles. The van der Waals surface area contributed by atoms with E-state index in [2.05, 4.69) is 6.07 Å². The van der Waals surface area contributed by atoms with E-state index in [1.54, 1.807) is 12.1 Å². The Balaban J connectivity index is 0. The Morgan fingerprint density at radius 2 is 2.11 bits per heavy atom. The monoisotopic (exact) mass is 286 g/mol. The first-order chi connectivity index (χ1) is 3.39. The SMILES string of the molecule is Fc1c[c]ccc1.[I-].[Zn]. The summed E-state index contributed by atoms with van der Waals surface area (Å²) in [4.78, 5) is 0. The topological polar surface area (TPSA) is 0 Å². The van der Waals surface area contributed by atoms with E-state index < -0.39 is 0 Å². The molecular weight excluding hydrogens is 283 g/mol. The second-order valence-corrected chi connectivity index (χ2v) is 1.22. The Kier molecular flexibility index (Phi) is 8.98. The average Bonchev–Trinajstić information content (AvgIpc) is 1.69. The minimum Gasteiger partial charge on any atom is -1.00 e. The molecule has 0 spiro atoms. The fraction of sp³-hybridized carbons (Fsp3) is 0. The predicted octanol–water partition coefficient (Wildman–Crippen LogP) is -1.37. The van der Waals surface area contributed by atoms with Gasteiger partial charge in [0, 0.05) is 19.5 Å². The predicted molar refractivity (Wildman–Crippen MR) is 25.2 cm³/mol. The van der Waals surface area contributed by atoms with Crippen LogP contribution in [0.2, 0.25) is 0 Å². The summed E-state index contributed by atoms with van der Waals surface area (Å²) in [6.45, 7) is 0. The van der Waals surface area contributed by atoms with Crippen LogP contribution >= 0.6 is 0 Å². The summed E-state index contributed by atoms with van der Waals surface area (Å²) < 4.78 is 11.9. The fourth-order valence-electron chi connectivity index (χ4n) is 0.371. The van der Waals surface area contributed by atoms with Gasteiger partial charge in [0.2, 0.25) is 0 Å². The average molecular weight is 287 g/mol. The molecule has 1 aromatic rings. The zero-order chi connectivity index (χ0) is 5.11. The molecule has 0 nitrogen and oxygen atoms in total. The molecule has 0 saturated carbocycles. The van der Waals surface area contributed by atoms with Crippen LogP contribution in [0.1, 0.15) is 0 Å². The number of rotatable bonds is 0. The number of benzene rings is 1. The first kappa shape index (κ1) is 12.2. The van der Waals surface area contributed by atoms with Crippen LogP contribution in [0.3, 0.4) is 0 Å². The summed E-state index contributed by atoms with van der Waals surface area (Å²) in [5.74, 6) is -0.234. The standard InChI is InChI=1S/C6H4F.HI.Zn/c7-6-4-2-1-3-5-6;;/h1-2,4-5H;1H;/p-1. The van der Waals surface area contributed by atoms with E-state index in [0.717, 1.165) is 0 Å². The molecule has 0 aliphatic heterocycles. The van der Waals surface area contributed by atoms with Gasteiger partial charge in [-0.1, -0.05) is 12.1 Å². The summed E-state index contributed by atoms with van der Waals surface area (Å²) in [5, 5.41) is 0. The Morgan fingerprint density at radius 3 is 2.33 bits per heavy atom. The molecule has 1 radical (unpaired) electrons. The van der Waals surface area contributed by atoms with Crippen molar-refractivity contribution >= 4 is 0 Å². The van der Waals surface area contributed by atoms with Gasteiger partial charge in [0.1, 0.15) is 5.82 Å². The molecular formula is C6H4FIZn-. The summed E-state index contributed by atoms with van der Waals surface area (Å²) in [7, 11) is 0. The zero-order valence-electron chi connectivity index (χ0n) is 4.77. The Morgan fingerprint density at radius 1 is 1.44 bits per heavy atom. The fourth-order valence-corrected chi connectivity index (χ4v) is 0.371. The Bertz CT molecular complexity index is 143. The number of hydrogen-bond acceptors (Lipinski definition) is 0. The molecule has 0 N–H and O–H groups in total. The van der Waals surface area contributed by atoms with Gasteiger partial charge >= 0.3 is 0 Å². The van der Waals surface area contributed by atoms with Gasteiger partial charge in [-0.2, -0.15) is 0 Å². The summed E-state index contributed by atoms with van der Waals surface area (Å²) in [5.41, 5.74) is 0. The summed E-state index contributed by atoms with van der Waals surface area (Å²) >= 11 is 0. The molecule has 0 amide bonds. The minimum absolute atomic E-state index is 0. The number of hydrogen-bond donors (Lipinski definition) is 0. The van der Waals surface area contributed by atoms with Gasteiger partial charge < -0.3 is 24.0 Å². The quantitative estimate of drug-likeness (QED) is 0.408. The first-order valence-corrected chi connectivity index (χ1v) is 2.01. The van der Waals surface area contributed by atoms with Crippen LogP contribution in [0.25, 0.3) is 0 Å². The zero-order valence-corrected chi connectivity index (χ0v) is 9.90. The van der Waals surface area contributed by atoms with Crippen molar-refractivity contribution in [2.24, 2.45) is 0 Å². The molecule has 1 aromatic carbocycles. The summed E-state index contributed by atoms with van der Waals surface area (Å²) in [6, 6.07) is 8.53. The van der Waals surface area contributed by atoms with Crippen molar-refractivity contribution in [3.05, 3.63) is 36.1 Å². The molecule has 0 aliphatic carbocycles. The van der Waals surface area contributed by atoms with Crippen molar-refractivity contribution in [3.8, 4) is 0 Å². The maximum atomic E-state index is 11.9. The van der Waals surface area contributed by atoms with Gasteiger partial charge in [0.15, 0.2) is 0 Å². The van der Waals surface area contributed by atoms with Crippen LogP contribution in [0.5, 0.6) is 0 Å². The Labute approximate surface area is 83.6 Å². The van der Waals surface area contributed by atoms with Crippen molar-refractivity contribution in [1.29, 1.82) is 0 Å². The van der Waals surface area contributed by atoms with Crippen LogP contribution in [0, 0.1) is 11.9 Å². The van der Waals surface area contributed by atoms with Gasteiger partial charge in [0.25, 0.3) is 0 Å². The third kappa shape index (κ3) is 4.97. The first-order valence-electron chi connectivity index (χ1n) is 2.01. The summed E-state index contributed by atoms with van der Waals surface area (Å²) in [6.07, 6.45) is 0. The maximum Gasteiger partial charge on any atom is 0.123 e. The van der Waals surface area contributed by atoms with E-state index >= 15 is 0 Å². The van der Waals surface area contributed by atoms with E-state index in [1.165, 1.54) is 12.1 Å². The molecule has 0 aromatic heterocycles. The molecule has 0 atom stereocenters. The van der Waals surface area contributed by atoms with Crippen LogP contribution in [-0.2, 0) is 19.5 Å². The molecule has 0 unspecified atom stereocenters. The van der Waals surface area contributed by atoms with Crippen molar-refractivity contribution in [3.63, 3.8) is 0 Å². The van der Waals surface area contributed by atoms with Crippen LogP contribution in [0.4, 0.5) is 4.39 Å². The van der Waals surface area contributed by atoms with Crippen molar-refractivity contribution < 1.29 is 47.8 Å². The van der Waals surface area contributed by atoms with E-state index in [-0.39, 0.29) is 49.3 Å². The van der Waals surface area contributed by atoms with Gasteiger partial charge in [-0.05, 0) is 18.2 Å². The molecule has 0 heterocycles. The molecule has 0 aliphatic rings. The van der Waals surface area contributed by atoms with Crippen LogP contribution in [-0.4, -0.2) is 0 Å². The van der Waals surface area contributed by atoms with Crippen LogP contribution < -0.4 is 24.0 Å². The second kappa shape index (κ2) is 6.62. The third-order valence-corrected chi connectivity index (χ3v) is 0.669. The largest absolute Gasteiger partial charge is 1.00 e.